The van der Waals surface area contributed by atoms with E-state index >= 15 is 0 Å². The number of urea groups is 1. The van der Waals surface area contributed by atoms with E-state index in [1.165, 1.54) is 0 Å². The Kier molecular flexibility index (Phi) is 3.82. The van der Waals surface area contributed by atoms with Gasteiger partial charge in [-0.05, 0) is 23.8 Å². The Morgan fingerprint density at radius 1 is 1.00 bits per heavy atom. The van der Waals surface area contributed by atoms with Crippen molar-refractivity contribution in [3.05, 3.63) is 72.1 Å². The topological polar surface area (TPSA) is 58.4 Å². The fraction of sp³-hybridized carbons (Fsp3) is 0.125. The van der Waals surface area contributed by atoms with Gasteiger partial charge < -0.3 is 10.6 Å². The highest BCUT2D eigenvalue weighted by Crippen LogP contribution is 2.05. The van der Waals surface area contributed by atoms with Crippen LogP contribution in [-0.4, -0.2) is 15.6 Å². The molecule has 106 valence electrons. The molecular weight excluding hydrogens is 264 g/mol. The quantitative estimate of drug-likeness (QED) is 0.770. The molecule has 0 unspecified atom stereocenters. The molecule has 2 aromatic heterocycles. The number of pyridine rings is 1. The number of hydrogen-bond donors (Lipinski definition) is 2. The van der Waals surface area contributed by atoms with Crippen LogP contribution in [0.2, 0.25) is 0 Å². The van der Waals surface area contributed by atoms with Gasteiger partial charge in [0.05, 0.1) is 17.8 Å². The van der Waals surface area contributed by atoms with Crippen LogP contribution in [0.25, 0.3) is 5.52 Å². The zero-order valence-electron chi connectivity index (χ0n) is 11.5. The first-order valence-corrected chi connectivity index (χ1v) is 6.80. The maximum absolute atomic E-state index is 11.7. The van der Waals surface area contributed by atoms with Crippen LogP contribution in [0.15, 0.2) is 60.8 Å². The number of fused-ring (bicyclic) bond motifs is 1. The van der Waals surface area contributed by atoms with Crippen molar-refractivity contribution in [2.24, 2.45) is 0 Å². The van der Waals surface area contributed by atoms with E-state index in [1.807, 2.05) is 60.8 Å². The lowest BCUT2D eigenvalue weighted by Gasteiger charge is -2.06. The molecule has 3 aromatic rings. The number of rotatable bonds is 4. The highest BCUT2D eigenvalue weighted by molar-refractivity contribution is 5.73. The van der Waals surface area contributed by atoms with Gasteiger partial charge >= 0.3 is 6.03 Å². The highest BCUT2D eigenvalue weighted by atomic mass is 16.2. The molecule has 5 nitrogen and oxygen atoms in total. The van der Waals surface area contributed by atoms with Crippen molar-refractivity contribution in [2.45, 2.75) is 13.1 Å². The van der Waals surface area contributed by atoms with E-state index in [-0.39, 0.29) is 6.03 Å². The third-order valence-electron chi connectivity index (χ3n) is 3.15. The van der Waals surface area contributed by atoms with Crippen LogP contribution in [0.3, 0.4) is 0 Å². The lowest BCUT2D eigenvalue weighted by Crippen LogP contribution is -2.34. The van der Waals surface area contributed by atoms with Crippen LogP contribution in [0.5, 0.6) is 0 Å². The second kappa shape index (κ2) is 6.09. The van der Waals surface area contributed by atoms with Gasteiger partial charge in [-0.3, -0.25) is 0 Å². The summed E-state index contributed by atoms with van der Waals surface area (Å²) in [4.78, 5) is 11.7. The molecule has 21 heavy (non-hydrogen) atoms. The molecule has 0 radical (unpaired) electrons. The first-order valence-electron chi connectivity index (χ1n) is 6.80. The first-order chi connectivity index (χ1) is 10.3. The molecule has 5 heteroatoms. The molecule has 0 atom stereocenters. The Hall–Kier alpha value is -2.82. The summed E-state index contributed by atoms with van der Waals surface area (Å²) in [7, 11) is 0. The van der Waals surface area contributed by atoms with Crippen LogP contribution >= 0.6 is 0 Å². The van der Waals surface area contributed by atoms with Gasteiger partial charge in [0.1, 0.15) is 0 Å². The predicted molar refractivity (Wildman–Crippen MR) is 80.7 cm³/mol. The summed E-state index contributed by atoms with van der Waals surface area (Å²) in [5.41, 5.74) is 2.91. The minimum absolute atomic E-state index is 0.198. The van der Waals surface area contributed by atoms with Crippen LogP contribution < -0.4 is 10.6 Å². The Balaban J connectivity index is 1.51. The van der Waals surface area contributed by atoms with Crippen molar-refractivity contribution in [1.29, 1.82) is 0 Å². The van der Waals surface area contributed by atoms with Crippen molar-refractivity contribution in [3.8, 4) is 0 Å². The Morgan fingerprint density at radius 3 is 2.57 bits per heavy atom. The smallest absolute Gasteiger partial charge is 0.315 e. The molecule has 0 saturated heterocycles. The van der Waals surface area contributed by atoms with Crippen LogP contribution in [-0.2, 0) is 13.1 Å². The van der Waals surface area contributed by atoms with Gasteiger partial charge in [0.15, 0.2) is 0 Å². The van der Waals surface area contributed by atoms with Crippen LogP contribution in [0.4, 0.5) is 4.79 Å². The zero-order chi connectivity index (χ0) is 14.5. The summed E-state index contributed by atoms with van der Waals surface area (Å²) in [6, 6.07) is 17.4. The SMILES string of the molecule is O=C(NCc1ccccc1)NCc1cc2ccccn2n1. The van der Waals surface area contributed by atoms with Gasteiger partial charge in [0.2, 0.25) is 0 Å². The fourth-order valence-corrected chi connectivity index (χ4v) is 2.09. The minimum atomic E-state index is -0.198. The van der Waals surface area contributed by atoms with Gasteiger partial charge in [-0.15, -0.1) is 0 Å². The number of carbonyl (C=O) groups excluding carboxylic acids is 1. The van der Waals surface area contributed by atoms with Gasteiger partial charge in [0.25, 0.3) is 0 Å². The molecule has 2 amide bonds. The number of nitrogens with one attached hydrogen (secondary N) is 2. The first kappa shape index (κ1) is 13.2. The van der Waals surface area contributed by atoms with E-state index in [9.17, 15) is 4.79 Å². The molecule has 2 N–H and O–H groups in total. The lowest BCUT2D eigenvalue weighted by molar-refractivity contribution is 0.240. The van der Waals surface area contributed by atoms with Gasteiger partial charge in [-0.2, -0.15) is 5.10 Å². The Morgan fingerprint density at radius 2 is 1.76 bits per heavy atom. The van der Waals surface area contributed by atoms with Gasteiger partial charge in [-0.1, -0.05) is 36.4 Å². The van der Waals surface area contributed by atoms with Crippen molar-refractivity contribution >= 4 is 11.5 Å². The molecule has 0 aliphatic heterocycles. The second-order valence-electron chi connectivity index (χ2n) is 4.73. The number of nitrogens with zero attached hydrogens (tertiary/aromatic N) is 2. The number of carbonyl (C=O) groups is 1. The zero-order valence-corrected chi connectivity index (χ0v) is 11.5. The van der Waals surface area contributed by atoms with E-state index in [0.717, 1.165) is 16.8 Å². The maximum Gasteiger partial charge on any atom is 0.315 e. The van der Waals surface area contributed by atoms with E-state index in [0.29, 0.717) is 13.1 Å². The third-order valence-corrected chi connectivity index (χ3v) is 3.15. The standard InChI is InChI=1S/C16H16N4O/c21-16(17-11-13-6-2-1-3-7-13)18-12-14-10-15-8-4-5-9-20(15)19-14/h1-10H,11-12H2,(H2,17,18,21). The van der Waals surface area contributed by atoms with E-state index < -0.39 is 0 Å². The van der Waals surface area contributed by atoms with E-state index in [1.54, 1.807) is 4.52 Å². The molecule has 3 rings (SSSR count). The van der Waals surface area contributed by atoms with Crippen molar-refractivity contribution in [2.75, 3.05) is 0 Å². The molecule has 2 heterocycles. The van der Waals surface area contributed by atoms with E-state index in [2.05, 4.69) is 15.7 Å². The molecule has 0 spiro atoms. The average molecular weight is 280 g/mol. The monoisotopic (exact) mass is 280 g/mol. The summed E-state index contributed by atoms with van der Waals surface area (Å²) >= 11 is 0. The Bertz CT molecular complexity index is 703. The minimum Gasteiger partial charge on any atom is -0.334 e. The summed E-state index contributed by atoms with van der Waals surface area (Å²) in [5.74, 6) is 0. The molecule has 0 saturated carbocycles. The molecule has 0 bridgehead atoms. The maximum atomic E-state index is 11.7. The predicted octanol–water partition coefficient (Wildman–Crippen LogP) is 2.33. The molecule has 0 aliphatic carbocycles. The summed E-state index contributed by atoms with van der Waals surface area (Å²) in [5, 5.41) is 10.00. The molecule has 1 aromatic carbocycles. The molecule has 0 fully saturated rings. The van der Waals surface area contributed by atoms with E-state index in [4.69, 9.17) is 0 Å². The number of hydrogen-bond acceptors (Lipinski definition) is 2. The van der Waals surface area contributed by atoms with Crippen molar-refractivity contribution in [1.82, 2.24) is 20.2 Å². The Labute approximate surface area is 122 Å². The highest BCUT2D eigenvalue weighted by Gasteiger charge is 2.04. The van der Waals surface area contributed by atoms with Crippen molar-refractivity contribution < 1.29 is 4.79 Å². The molecular formula is C16H16N4O. The number of benzene rings is 1. The number of amides is 2. The summed E-state index contributed by atoms with van der Waals surface area (Å²) in [6.45, 7) is 0.917. The second-order valence-corrected chi connectivity index (χ2v) is 4.73. The summed E-state index contributed by atoms with van der Waals surface area (Å²) < 4.78 is 1.79. The molecule has 0 aliphatic rings. The lowest BCUT2D eigenvalue weighted by atomic mass is 10.2. The van der Waals surface area contributed by atoms with Crippen LogP contribution in [0, 0.1) is 0 Å². The fourth-order valence-electron chi connectivity index (χ4n) is 2.09. The largest absolute Gasteiger partial charge is 0.334 e. The number of aromatic nitrogens is 2. The third kappa shape index (κ3) is 3.39. The van der Waals surface area contributed by atoms with Crippen LogP contribution in [0.1, 0.15) is 11.3 Å². The average Bonchev–Trinajstić information content (AvgIpc) is 2.95. The normalized spacial score (nSPS) is 10.5. The van der Waals surface area contributed by atoms with Gasteiger partial charge in [0, 0.05) is 12.7 Å². The van der Waals surface area contributed by atoms with Crippen molar-refractivity contribution in [3.63, 3.8) is 0 Å². The summed E-state index contributed by atoms with van der Waals surface area (Å²) in [6.07, 6.45) is 1.88. The van der Waals surface area contributed by atoms with Gasteiger partial charge in [-0.25, -0.2) is 9.31 Å².